The van der Waals surface area contributed by atoms with Gasteiger partial charge in [0.2, 0.25) is 0 Å². The number of Topliss-reactive ketones (excluding diaryl/α,β-unsaturated/α-hetero) is 1. The molecular formula is C10H16N2O. The first-order valence-electron chi connectivity index (χ1n) is 4.44. The molecule has 3 N–H and O–H groups in total. The molecule has 0 amide bonds. The van der Waals surface area contributed by atoms with Crippen molar-refractivity contribution < 1.29 is 4.79 Å². The molecule has 0 radical (unpaired) electrons. The zero-order valence-corrected chi connectivity index (χ0v) is 8.13. The van der Waals surface area contributed by atoms with Crippen LogP contribution in [-0.2, 0) is 0 Å². The minimum Gasteiger partial charge on any atom is -0.367 e. The fourth-order valence-electron chi connectivity index (χ4n) is 1.08. The summed E-state index contributed by atoms with van der Waals surface area (Å²) in [6, 6.07) is 1.78. The summed E-state index contributed by atoms with van der Waals surface area (Å²) in [6.45, 7) is 3.86. The maximum Gasteiger partial charge on any atom is 0.164 e. The predicted molar refractivity (Wildman–Crippen MR) is 52.6 cm³/mol. The first-order valence-corrected chi connectivity index (χ1v) is 4.44. The summed E-state index contributed by atoms with van der Waals surface area (Å²) >= 11 is 0. The lowest BCUT2D eigenvalue weighted by atomic mass is 9.97. The second kappa shape index (κ2) is 3.75. The van der Waals surface area contributed by atoms with Crippen molar-refractivity contribution in [2.24, 2.45) is 5.73 Å². The molecule has 1 aromatic rings. The fourth-order valence-corrected chi connectivity index (χ4v) is 1.08. The van der Waals surface area contributed by atoms with Crippen LogP contribution in [0.5, 0.6) is 0 Å². The Labute approximate surface area is 78.3 Å². The predicted octanol–water partition coefficient (Wildman–Crippen LogP) is 1.71. The van der Waals surface area contributed by atoms with Crippen LogP contribution in [0.15, 0.2) is 18.5 Å². The molecule has 1 aromatic heterocycles. The molecule has 3 nitrogen and oxygen atoms in total. The topological polar surface area (TPSA) is 58.9 Å². The highest BCUT2D eigenvalue weighted by Gasteiger charge is 2.14. The van der Waals surface area contributed by atoms with Gasteiger partial charge in [-0.05, 0) is 26.3 Å². The number of nitrogens with one attached hydrogen (secondary N) is 1. The van der Waals surface area contributed by atoms with Crippen LogP contribution in [0.1, 0.15) is 37.0 Å². The highest BCUT2D eigenvalue weighted by molar-refractivity contribution is 5.95. The Morgan fingerprint density at radius 2 is 2.31 bits per heavy atom. The van der Waals surface area contributed by atoms with Crippen LogP contribution in [0.2, 0.25) is 0 Å². The largest absolute Gasteiger partial charge is 0.367 e. The summed E-state index contributed by atoms with van der Waals surface area (Å²) in [4.78, 5) is 14.3. The number of hydrogen-bond donors (Lipinski definition) is 2. The molecule has 0 aromatic carbocycles. The minimum atomic E-state index is -0.258. The summed E-state index contributed by atoms with van der Waals surface area (Å²) in [5, 5.41) is 0. The van der Waals surface area contributed by atoms with Gasteiger partial charge in [-0.2, -0.15) is 0 Å². The number of aromatic nitrogens is 1. The Morgan fingerprint density at radius 3 is 2.77 bits per heavy atom. The molecule has 1 heterocycles. The Balaban J connectivity index is 2.44. The Kier molecular flexibility index (Phi) is 2.88. The first-order chi connectivity index (χ1) is 5.99. The third-order valence-electron chi connectivity index (χ3n) is 1.92. The van der Waals surface area contributed by atoms with Crippen molar-refractivity contribution in [2.45, 2.75) is 32.2 Å². The molecule has 72 valence electrons. The average Bonchev–Trinajstić information content (AvgIpc) is 2.50. The highest BCUT2D eigenvalue weighted by Crippen LogP contribution is 2.11. The fraction of sp³-hybridized carbons (Fsp3) is 0.500. The third kappa shape index (κ3) is 3.42. The highest BCUT2D eigenvalue weighted by atomic mass is 16.1. The van der Waals surface area contributed by atoms with Crippen LogP contribution in [-0.4, -0.2) is 16.3 Å². The third-order valence-corrected chi connectivity index (χ3v) is 1.92. The average molecular weight is 180 g/mol. The van der Waals surface area contributed by atoms with Crippen molar-refractivity contribution >= 4 is 5.78 Å². The molecule has 0 fully saturated rings. The molecule has 0 spiro atoms. The molecule has 0 aliphatic rings. The number of ketones is 1. The van der Waals surface area contributed by atoms with Crippen LogP contribution in [0.25, 0.3) is 0 Å². The number of carbonyl (C=O) groups excluding carboxylic acids is 1. The van der Waals surface area contributed by atoms with Gasteiger partial charge in [0.1, 0.15) is 0 Å². The molecular weight excluding hydrogens is 164 g/mol. The summed E-state index contributed by atoms with van der Waals surface area (Å²) in [5.41, 5.74) is 6.26. The smallest absolute Gasteiger partial charge is 0.164 e. The molecule has 13 heavy (non-hydrogen) atoms. The lowest BCUT2D eigenvalue weighted by Gasteiger charge is -2.16. The van der Waals surface area contributed by atoms with Gasteiger partial charge in [0.15, 0.2) is 5.78 Å². The first kappa shape index (κ1) is 9.99. The van der Waals surface area contributed by atoms with E-state index in [9.17, 15) is 4.79 Å². The number of nitrogens with two attached hydrogens (primary N) is 1. The van der Waals surface area contributed by atoms with E-state index in [0.29, 0.717) is 6.42 Å². The van der Waals surface area contributed by atoms with E-state index in [-0.39, 0.29) is 11.3 Å². The van der Waals surface area contributed by atoms with E-state index >= 15 is 0 Å². The van der Waals surface area contributed by atoms with Crippen molar-refractivity contribution in [3.63, 3.8) is 0 Å². The summed E-state index contributed by atoms with van der Waals surface area (Å²) in [5.74, 6) is 0.153. The Hall–Kier alpha value is -1.09. The van der Waals surface area contributed by atoms with Gasteiger partial charge < -0.3 is 10.7 Å². The van der Waals surface area contributed by atoms with Crippen molar-refractivity contribution in [1.29, 1.82) is 0 Å². The van der Waals surface area contributed by atoms with E-state index in [2.05, 4.69) is 4.98 Å². The summed E-state index contributed by atoms with van der Waals surface area (Å²) < 4.78 is 0. The van der Waals surface area contributed by atoms with Gasteiger partial charge in [0, 0.05) is 29.9 Å². The molecule has 0 bridgehead atoms. The van der Waals surface area contributed by atoms with Gasteiger partial charge in [-0.3, -0.25) is 4.79 Å². The second-order valence-corrected chi connectivity index (χ2v) is 4.01. The van der Waals surface area contributed by atoms with Crippen LogP contribution in [0.4, 0.5) is 0 Å². The second-order valence-electron chi connectivity index (χ2n) is 4.01. The normalized spacial score (nSPS) is 11.6. The van der Waals surface area contributed by atoms with E-state index in [1.807, 2.05) is 13.8 Å². The SMILES string of the molecule is CC(C)(N)CCC(=O)c1cc[nH]c1. The van der Waals surface area contributed by atoms with E-state index in [0.717, 1.165) is 12.0 Å². The lowest BCUT2D eigenvalue weighted by molar-refractivity contribution is 0.0973. The minimum absolute atomic E-state index is 0.153. The van der Waals surface area contributed by atoms with Crippen LogP contribution >= 0.6 is 0 Å². The number of H-pyrrole nitrogens is 1. The number of aromatic amines is 1. The van der Waals surface area contributed by atoms with Crippen LogP contribution < -0.4 is 5.73 Å². The zero-order valence-electron chi connectivity index (χ0n) is 8.13. The van der Waals surface area contributed by atoms with Crippen molar-refractivity contribution in [3.05, 3.63) is 24.0 Å². The maximum atomic E-state index is 11.5. The van der Waals surface area contributed by atoms with Crippen molar-refractivity contribution in [2.75, 3.05) is 0 Å². The van der Waals surface area contributed by atoms with E-state index in [4.69, 9.17) is 5.73 Å². The van der Waals surface area contributed by atoms with E-state index < -0.39 is 0 Å². The van der Waals surface area contributed by atoms with E-state index in [1.54, 1.807) is 18.5 Å². The van der Waals surface area contributed by atoms with Crippen LogP contribution in [0, 0.1) is 0 Å². The molecule has 0 unspecified atom stereocenters. The number of rotatable bonds is 4. The van der Waals surface area contributed by atoms with Gasteiger partial charge in [0.25, 0.3) is 0 Å². The molecule has 0 atom stereocenters. The molecule has 0 saturated carbocycles. The molecule has 0 aliphatic carbocycles. The number of carbonyl (C=O) groups is 1. The Bertz CT molecular complexity index is 270. The standard InChI is InChI=1S/C10H16N2O/c1-10(2,11)5-3-9(13)8-4-6-12-7-8/h4,6-7,12H,3,5,11H2,1-2H3. The quantitative estimate of drug-likeness (QED) is 0.693. The van der Waals surface area contributed by atoms with Gasteiger partial charge >= 0.3 is 0 Å². The monoisotopic (exact) mass is 180 g/mol. The van der Waals surface area contributed by atoms with Gasteiger partial charge in [0.05, 0.1) is 0 Å². The van der Waals surface area contributed by atoms with Gasteiger partial charge in [-0.1, -0.05) is 0 Å². The molecule has 0 aliphatic heterocycles. The lowest BCUT2D eigenvalue weighted by Crippen LogP contribution is -2.32. The molecule has 3 heteroatoms. The summed E-state index contributed by atoms with van der Waals surface area (Å²) in [6.07, 6.45) is 4.70. The van der Waals surface area contributed by atoms with Crippen LogP contribution in [0.3, 0.4) is 0 Å². The Morgan fingerprint density at radius 1 is 1.62 bits per heavy atom. The van der Waals surface area contributed by atoms with Gasteiger partial charge in [-0.25, -0.2) is 0 Å². The molecule has 0 saturated heterocycles. The zero-order chi connectivity index (χ0) is 9.90. The maximum absolute atomic E-state index is 11.5. The number of hydrogen-bond acceptors (Lipinski definition) is 2. The summed E-state index contributed by atoms with van der Waals surface area (Å²) in [7, 11) is 0. The van der Waals surface area contributed by atoms with E-state index in [1.165, 1.54) is 0 Å². The van der Waals surface area contributed by atoms with Gasteiger partial charge in [-0.15, -0.1) is 0 Å². The van der Waals surface area contributed by atoms with Crippen molar-refractivity contribution in [3.8, 4) is 0 Å². The van der Waals surface area contributed by atoms with Crippen molar-refractivity contribution in [1.82, 2.24) is 4.98 Å². The molecule has 1 rings (SSSR count).